The Bertz CT molecular complexity index is 683. The number of hydrogen-bond donors (Lipinski definition) is 1. The van der Waals surface area contributed by atoms with Gasteiger partial charge in [0.05, 0.1) is 5.69 Å². The first kappa shape index (κ1) is 15.7. The van der Waals surface area contributed by atoms with Gasteiger partial charge in [0.2, 0.25) is 5.91 Å². The van der Waals surface area contributed by atoms with Gasteiger partial charge in [-0.15, -0.1) is 0 Å². The molecule has 1 unspecified atom stereocenters. The fourth-order valence-corrected chi connectivity index (χ4v) is 3.02. The van der Waals surface area contributed by atoms with Gasteiger partial charge in [-0.25, -0.2) is 0 Å². The van der Waals surface area contributed by atoms with Gasteiger partial charge < -0.3 is 9.64 Å². The predicted molar refractivity (Wildman–Crippen MR) is 86.8 cm³/mol. The molecule has 0 aromatic carbocycles. The minimum Gasteiger partial charge on any atom is -0.375 e. The summed E-state index contributed by atoms with van der Waals surface area (Å²) < 4.78 is 4.92. The Morgan fingerprint density at radius 2 is 2.30 bits per heavy atom. The molecule has 1 amide bonds. The summed E-state index contributed by atoms with van der Waals surface area (Å²) in [5.74, 6) is 0.531. The van der Waals surface area contributed by atoms with Crippen molar-refractivity contribution in [1.82, 2.24) is 20.1 Å². The zero-order chi connectivity index (χ0) is 16.2. The number of aromatic amines is 1. The van der Waals surface area contributed by atoms with Crippen LogP contribution in [0.25, 0.3) is 11.4 Å². The van der Waals surface area contributed by atoms with Crippen molar-refractivity contribution in [3.63, 3.8) is 0 Å². The molecule has 6 nitrogen and oxygen atoms in total. The lowest BCUT2D eigenvalue weighted by atomic mass is 10.0. The number of aromatic nitrogens is 3. The van der Waals surface area contributed by atoms with E-state index in [-0.39, 0.29) is 12.5 Å². The second-order valence-electron chi connectivity index (χ2n) is 6.08. The normalized spacial score (nSPS) is 17.7. The number of ether oxygens (including phenoxy) is 1. The lowest BCUT2D eigenvalue weighted by Gasteiger charge is -2.16. The van der Waals surface area contributed by atoms with Crippen LogP contribution in [-0.2, 0) is 16.0 Å². The summed E-state index contributed by atoms with van der Waals surface area (Å²) in [5.41, 5.74) is 3.83. The van der Waals surface area contributed by atoms with Gasteiger partial charge >= 0.3 is 0 Å². The summed E-state index contributed by atoms with van der Waals surface area (Å²) in [6.45, 7) is 3.74. The molecular weight excluding hydrogens is 292 g/mol. The fraction of sp³-hybridized carbons (Fsp3) is 0.471. The first-order valence-electron chi connectivity index (χ1n) is 7.90. The first-order chi connectivity index (χ1) is 11.2. The number of amides is 1. The molecule has 1 atom stereocenters. The van der Waals surface area contributed by atoms with Crippen LogP contribution in [0.4, 0.5) is 0 Å². The van der Waals surface area contributed by atoms with Crippen LogP contribution in [0.3, 0.4) is 0 Å². The third kappa shape index (κ3) is 3.76. The largest absolute Gasteiger partial charge is 0.375 e. The van der Waals surface area contributed by atoms with Gasteiger partial charge in [-0.1, -0.05) is 6.07 Å². The van der Waals surface area contributed by atoms with Crippen molar-refractivity contribution in [2.24, 2.45) is 5.92 Å². The lowest BCUT2D eigenvalue weighted by Crippen LogP contribution is -2.31. The molecule has 0 bridgehead atoms. The summed E-state index contributed by atoms with van der Waals surface area (Å²) in [6, 6.07) is 8.03. The predicted octanol–water partition coefficient (Wildman–Crippen LogP) is 1.82. The molecular formula is C17H22N4O2. The summed E-state index contributed by atoms with van der Waals surface area (Å²) in [6.07, 6.45) is 1.90. The van der Waals surface area contributed by atoms with E-state index in [0.29, 0.717) is 5.92 Å². The number of pyridine rings is 1. The number of likely N-dealkylation sites (tertiary alicyclic amines) is 1. The summed E-state index contributed by atoms with van der Waals surface area (Å²) >= 11 is 0. The molecule has 0 radical (unpaired) electrons. The quantitative estimate of drug-likeness (QED) is 0.914. The fourth-order valence-electron chi connectivity index (χ4n) is 3.02. The van der Waals surface area contributed by atoms with Crippen LogP contribution in [0.15, 0.2) is 24.3 Å². The van der Waals surface area contributed by atoms with Crippen LogP contribution in [0.1, 0.15) is 17.8 Å². The Morgan fingerprint density at radius 3 is 3.04 bits per heavy atom. The van der Waals surface area contributed by atoms with E-state index in [1.807, 2.05) is 36.1 Å². The number of carbonyl (C=O) groups excluding carboxylic acids is 1. The molecule has 23 heavy (non-hydrogen) atoms. The van der Waals surface area contributed by atoms with Gasteiger partial charge in [0.1, 0.15) is 12.3 Å². The van der Waals surface area contributed by atoms with Crippen LogP contribution in [0.2, 0.25) is 0 Å². The number of hydrogen-bond acceptors (Lipinski definition) is 4. The van der Waals surface area contributed by atoms with E-state index >= 15 is 0 Å². The van der Waals surface area contributed by atoms with Gasteiger partial charge in [0.25, 0.3) is 0 Å². The SMILES string of the molecule is COCC(=O)N1CCC(Cc2cccc(-c3cc(C)[nH]n3)n2)C1. The molecule has 0 saturated carbocycles. The molecule has 1 saturated heterocycles. The van der Waals surface area contributed by atoms with Gasteiger partial charge in [-0.3, -0.25) is 14.9 Å². The molecule has 6 heteroatoms. The topological polar surface area (TPSA) is 71.1 Å². The molecule has 0 aliphatic carbocycles. The summed E-state index contributed by atoms with van der Waals surface area (Å²) in [7, 11) is 1.55. The maximum Gasteiger partial charge on any atom is 0.248 e. The van der Waals surface area contributed by atoms with Crippen molar-refractivity contribution in [2.45, 2.75) is 19.8 Å². The Labute approximate surface area is 135 Å². The van der Waals surface area contributed by atoms with Crippen molar-refractivity contribution in [3.05, 3.63) is 35.7 Å². The monoisotopic (exact) mass is 314 g/mol. The van der Waals surface area contributed by atoms with E-state index in [9.17, 15) is 4.79 Å². The van der Waals surface area contributed by atoms with Crippen molar-refractivity contribution in [1.29, 1.82) is 0 Å². The van der Waals surface area contributed by atoms with Crippen molar-refractivity contribution < 1.29 is 9.53 Å². The third-order valence-corrected chi connectivity index (χ3v) is 4.18. The molecule has 122 valence electrons. The van der Waals surface area contributed by atoms with Crippen LogP contribution in [0, 0.1) is 12.8 Å². The zero-order valence-corrected chi connectivity index (χ0v) is 13.6. The molecule has 3 rings (SSSR count). The second kappa shape index (κ2) is 6.91. The molecule has 1 aliphatic rings. The van der Waals surface area contributed by atoms with E-state index in [1.165, 1.54) is 0 Å². The molecule has 1 N–H and O–H groups in total. The average Bonchev–Trinajstić information content (AvgIpc) is 3.17. The number of nitrogens with one attached hydrogen (secondary N) is 1. The first-order valence-corrected chi connectivity index (χ1v) is 7.90. The molecule has 1 fully saturated rings. The van der Waals surface area contributed by atoms with E-state index in [1.54, 1.807) is 7.11 Å². The van der Waals surface area contributed by atoms with Crippen molar-refractivity contribution >= 4 is 5.91 Å². The highest BCUT2D eigenvalue weighted by Gasteiger charge is 2.26. The van der Waals surface area contributed by atoms with Gasteiger partial charge in [-0.2, -0.15) is 5.10 Å². The Balaban J connectivity index is 1.64. The minimum atomic E-state index is 0.0729. The zero-order valence-electron chi connectivity index (χ0n) is 13.6. The number of methoxy groups -OCH3 is 1. The molecule has 1 aliphatic heterocycles. The molecule has 2 aromatic rings. The molecule has 0 spiro atoms. The van der Waals surface area contributed by atoms with E-state index in [0.717, 1.165) is 48.7 Å². The Morgan fingerprint density at radius 1 is 1.43 bits per heavy atom. The highest BCUT2D eigenvalue weighted by Crippen LogP contribution is 2.22. The number of nitrogens with zero attached hydrogens (tertiary/aromatic N) is 3. The van der Waals surface area contributed by atoms with Gasteiger partial charge in [0, 0.05) is 31.6 Å². The highest BCUT2D eigenvalue weighted by molar-refractivity contribution is 5.77. The van der Waals surface area contributed by atoms with E-state index in [2.05, 4.69) is 10.2 Å². The van der Waals surface area contributed by atoms with Crippen LogP contribution < -0.4 is 0 Å². The minimum absolute atomic E-state index is 0.0729. The van der Waals surface area contributed by atoms with Crippen LogP contribution in [-0.4, -0.2) is 52.8 Å². The number of rotatable bonds is 5. The number of aryl methyl sites for hydroxylation is 1. The number of carbonyl (C=O) groups is 1. The standard InChI is InChI=1S/C17H22N4O2/c1-12-8-16(20-19-12)15-5-3-4-14(18-15)9-13-6-7-21(10-13)17(22)11-23-2/h3-5,8,13H,6-7,9-11H2,1-2H3,(H,19,20). The smallest absolute Gasteiger partial charge is 0.248 e. The van der Waals surface area contributed by atoms with Crippen LogP contribution in [0.5, 0.6) is 0 Å². The third-order valence-electron chi connectivity index (χ3n) is 4.18. The molecule has 2 aromatic heterocycles. The summed E-state index contributed by atoms with van der Waals surface area (Å²) in [5, 5.41) is 7.20. The maximum atomic E-state index is 11.9. The number of H-pyrrole nitrogens is 1. The van der Waals surface area contributed by atoms with E-state index in [4.69, 9.17) is 9.72 Å². The Hall–Kier alpha value is -2.21. The van der Waals surface area contributed by atoms with Crippen molar-refractivity contribution in [2.75, 3.05) is 26.8 Å². The second-order valence-corrected chi connectivity index (χ2v) is 6.08. The Kier molecular flexibility index (Phi) is 4.71. The summed E-state index contributed by atoms with van der Waals surface area (Å²) in [4.78, 5) is 18.5. The van der Waals surface area contributed by atoms with Crippen LogP contribution >= 0.6 is 0 Å². The van der Waals surface area contributed by atoms with Gasteiger partial charge in [-0.05, 0) is 43.9 Å². The van der Waals surface area contributed by atoms with Gasteiger partial charge in [0.15, 0.2) is 0 Å². The maximum absolute atomic E-state index is 11.9. The lowest BCUT2D eigenvalue weighted by molar-refractivity contribution is -0.134. The molecule has 3 heterocycles. The van der Waals surface area contributed by atoms with E-state index < -0.39 is 0 Å². The average molecular weight is 314 g/mol. The van der Waals surface area contributed by atoms with Crippen molar-refractivity contribution in [3.8, 4) is 11.4 Å². The highest BCUT2D eigenvalue weighted by atomic mass is 16.5.